The molecule has 0 aliphatic carbocycles. The van der Waals surface area contributed by atoms with Crippen molar-refractivity contribution in [3.05, 3.63) is 82.6 Å². The second-order valence-corrected chi connectivity index (χ2v) is 8.80. The first kappa shape index (κ1) is 22.6. The monoisotopic (exact) mass is 462 g/mol. The lowest BCUT2D eigenvalue weighted by Crippen LogP contribution is -2.17. The molecule has 0 heterocycles. The third-order valence-corrected chi connectivity index (χ3v) is 6.38. The van der Waals surface area contributed by atoms with Crippen molar-refractivity contribution in [3.63, 3.8) is 0 Å². The van der Waals surface area contributed by atoms with Crippen molar-refractivity contribution >= 4 is 38.9 Å². The number of hydrogen-bond acceptors (Lipinski definition) is 4. The summed E-state index contributed by atoms with van der Waals surface area (Å²) in [6.45, 7) is 1.65. The number of hydrogen-bond donors (Lipinski definition) is 2. The zero-order valence-corrected chi connectivity index (χ0v) is 18.4. The van der Waals surface area contributed by atoms with Gasteiger partial charge in [-0.2, -0.15) is 0 Å². The lowest BCUT2D eigenvalue weighted by atomic mass is 10.1. The quantitative estimate of drug-likeness (QED) is 0.529. The Morgan fingerprint density at radius 2 is 1.74 bits per heavy atom. The number of rotatable bonds is 7. The van der Waals surface area contributed by atoms with E-state index in [4.69, 9.17) is 16.3 Å². The van der Waals surface area contributed by atoms with Gasteiger partial charge in [0.15, 0.2) is 0 Å². The maximum absolute atomic E-state index is 13.9. The molecule has 1 amide bonds. The molecule has 0 spiro atoms. The van der Waals surface area contributed by atoms with Crippen molar-refractivity contribution in [1.82, 2.24) is 0 Å². The van der Waals surface area contributed by atoms with Gasteiger partial charge in [0, 0.05) is 22.0 Å². The van der Waals surface area contributed by atoms with E-state index in [1.165, 1.54) is 31.4 Å². The van der Waals surface area contributed by atoms with Crippen LogP contribution in [0.2, 0.25) is 5.02 Å². The Balaban J connectivity index is 1.79. The number of halogens is 2. The Morgan fingerprint density at radius 1 is 1.06 bits per heavy atom. The van der Waals surface area contributed by atoms with E-state index in [-0.39, 0.29) is 27.6 Å². The Hall–Kier alpha value is -3.10. The summed E-state index contributed by atoms with van der Waals surface area (Å²) in [6, 6.07) is 15.1. The smallest absolute Gasteiger partial charge is 0.262 e. The van der Waals surface area contributed by atoms with E-state index in [0.29, 0.717) is 17.0 Å². The van der Waals surface area contributed by atoms with Gasteiger partial charge in [-0.25, -0.2) is 12.8 Å². The first-order chi connectivity index (χ1) is 14.7. The highest BCUT2D eigenvalue weighted by Gasteiger charge is 2.19. The van der Waals surface area contributed by atoms with Crippen LogP contribution in [0.3, 0.4) is 0 Å². The summed E-state index contributed by atoms with van der Waals surface area (Å²) in [6.07, 6.45) is -0.286. The molecule has 0 saturated heterocycles. The highest BCUT2D eigenvalue weighted by atomic mass is 35.5. The van der Waals surface area contributed by atoms with Gasteiger partial charge < -0.3 is 10.1 Å². The highest BCUT2D eigenvalue weighted by Crippen LogP contribution is 2.25. The van der Waals surface area contributed by atoms with Gasteiger partial charge in [-0.05, 0) is 61.0 Å². The number of benzene rings is 3. The topological polar surface area (TPSA) is 84.5 Å². The van der Waals surface area contributed by atoms with E-state index in [2.05, 4.69) is 10.0 Å². The molecule has 3 aromatic rings. The molecule has 0 aliphatic heterocycles. The minimum Gasteiger partial charge on any atom is -0.497 e. The van der Waals surface area contributed by atoms with Crippen LogP contribution < -0.4 is 14.8 Å². The Kier molecular flexibility index (Phi) is 6.82. The maximum Gasteiger partial charge on any atom is 0.262 e. The summed E-state index contributed by atoms with van der Waals surface area (Å²) in [5, 5.41) is 2.73. The van der Waals surface area contributed by atoms with Gasteiger partial charge in [-0.15, -0.1) is 0 Å². The Bertz CT molecular complexity index is 1190. The largest absolute Gasteiger partial charge is 0.497 e. The van der Waals surface area contributed by atoms with Crippen LogP contribution in [0.25, 0.3) is 0 Å². The number of sulfonamides is 1. The van der Waals surface area contributed by atoms with Gasteiger partial charge in [0.1, 0.15) is 11.6 Å². The van der Waals surface area contributed by atoms with Crippen molar-refractivity contribution < 1.29 is 22.3 Å². The van der Waals surface area contributed by atoms with Crippen LogP contribution in [0.4, 0.5) is 15.8 Å². The SMILES string of the molecule is COc1ccc(NS(=O)(=O)c2cc(NC(=O)Cc3c(F)cccc3Cl)ccc2C)cc1. The lowest BCUT2D eigenvalue weighted by Gasteiger charge is -2.13. The van der Waals surface area contributed by atoms with Crippen LogP contribution in [0, 0.1) is 12.7 Å². The third kappa shape index (κ3) is 5.53. The predicted octanol–water partition coefficient (Wildman–Crippen LogP) is 4.78. The molecule has 0 fully saturated rings. The first-order valence-electron chi connectivity index (χ1n) is 9.20. The first-order valence-corrected chi connectivity index (χ1v) is 11.1. The highest BCUT2D eigenvalue weighted by molar-refractivity contribution is 7.92. The van der Waals surface area contributed by atoms with Crippen LogP contribution in [-0.2, 0) is 21.2 Å². The summed E-state index contributed by atoms with van der Waals surface area (Å²) < 4.78 is 47.2. The number of aryl methyl sites for hydroxylation is 1. The zero-order valence-electron chi connectivity index (χ0n) is 16.8. The molecule has 0 saturated carbocycles. The molecule has 162 valence electrons. The van der Waals surface area contributed by atoms with Crippen molar-refractivity contribution in [2.75, 3.05) is 17.1 Å². The number of carbonyl (C=O) groups excluding carboxylic acids is 1. The number of amides is 1. The predicted molar refractivity (Wildman–Crippen MR) is 119 cm³/mol. The van der Waals surface area contributed by atoms with Gasteiger partial charge in [0.2, 0.25) is 5.91 Å². The normalized spacial score (nSPS) is 11.1. The minimum atomic E-state index is -3.92. The fourth-order valence-corrected chi connectivity index (χ4v) is 4.46. The molecule has 31 heavy (non-hydrogen) atoms. The van der Waals surface area contributed by atoms with Gasteiger partial charge in [0.25, 0.3) is 10.0 Å². The van der Waals surface area contributed by atoms with Crippen LogP contribution in [0.5, 0.6) is 5.75 Å². The Morgan fingerprint density at radius 3 is 2.39 bits per heavy atom. The van der Waals surface area contributed by atoms with Gasteiger partial charge in [-0.1, -0.05) is 23.7 Å². The van der Waals surface area contributed by atoms with Crippen LogP contribution in [0.1, 0.15) is 11.1 Å². The molecule has 9 heteroatoms. The van der Waals surface area contributed by atoms with Crippen molar-refractivity contribution in [3.8, 4) is 5.75 Å². The third-order valence-electron chi connectivity index (χ3n) is 4.50. The average molecular weight is 463 g/mol. The molecule has 0 bridgehead atoms. The van der Waals surface area contributed by atoms with E-state index in [1.807, 2.05) is 0 Å². The van der Waals surface area contributed by atoms with E-state index < -0.39 is 21.7 Å². The standard InChI is InChI=1S/C22H20ClFN2O4S/c1-14-6-7-16(25-22(27)13-18-19(23)4-3-5-20(18)24)12-21(14)31(28,29)26-15-8-10-17(30-2)11-9-15/h3-12,26H,13H2,1-2H3,(H,25,27). The number of nitrogens with one attached hydrogen (secondary N) is 2. The average Bonchev–Trinajstić information content (AvgIpc) is 2.72. The molecular weight excluding hydrogens is 443 g/mol. The minimum absolute atomic E-state index is 0.00467. The molecule has 3 rings (SSSR count). The fourth-order valence-electron chi connectivity index (χ4n) is 2.90. The summed E-state index contributed by atoms with van der Waals surface area (Å²) in [5.74, 6) is -0.514. The molecule has 0 atom stereocenters. The van der Waals surface area contributed by atoms with E-state index in [1.54, 1.807) is 43.3 Å². The second kappa shape index (κ2) is 9.36. The van der Waals surface area contributed by atoms with Gasteiger partial charge in [0.05, 0.1) is 18.4 Å². The molecule has 0 aliphatic rings. The van der Waals surface area contributed by atoms with Crippen molar-refractivity contribution in [2.45, 2.75) is 18.2 Å². The Labute approximate surface area is 185 Å². The molecular formula is C22H20ClFN2O4S. The van der Waals surface area contributed by atoms with Crippen LogP contribution >= 0.6 is 11.6 Å². The van der Waals surface area contributed by atoms with Crippen LogP contribution in [-0.4, -0.2) is 21.4 Å². The lowest BCUT2D eigenvalue weighted by molar-refractivity contribution is -0.115. The molecule has 3 aromatic carbocycles. The van der Waals surface area contributed by atoms with E-state index >= 15 is 0 Å². The second-order valence-electron chi connectivity index (χ2n) is 6.74. The molecule has 6 nitrogen and oxygen atoms in total. The van der Waals surface area contributed by atoms with Gasteiger partial charge >= 0.3 is 0 Å². The summed E-state index contributed by atoms with van der Waals surface area (Å²) in [5.41, 5.74) is 1.20. The molecule has 0 radical (unpaired) electrons. The molecule has 2 N–H and O–H groups in total. The fraction of sp³-hybridized carbons (Fsp3) is 0.136. The summed E-state index contributed by atoms with van der Waals surface area (Å²) in [7, 11) is -2.40. The summed E-state index contributed by atoms with van der Waals surface area (Å²) >= 11 is 5.96. The van der Waals surface area contributed by atoms with Crippen molar-refractivity contribution in [2.24, 2.45) is 0 Å². The van der Waals surface area contributed by atoms with E-state index in [0.717, 1.165) is 0 Å². The van der Waals surface area contributed by atoms with Crippen molar-refractivity contribution in [1.29, 1.82) is 0 Å². The van der Waals surface area contributed by atoms with Crippen LogP contribution in [0.15, 0.2) is 65.6 Å². The summed E-state index contributed by atoms with van der Waals surface area (Å²) in [4.78, 5) is 12.4. The number of ether oxygens (including phenoxy) is 1. The number of methoxy groups -OCH3 is 1. The maximum atomic E-state index is 13.9. The zero-order chi connectivity index (χ0) is 22.6. The number of anilines is 2. The molecule has 0 aromatic heterocycles. The van der Waals surface area contributed by atoms with E-state index in [9.17, 15) is 17.6 Å². The molecule has 0 unspecified atom stereocenters. The number of carbonyl (C=O) groups is 1. The van der Waals surface area contributed by atoms with Gasteiger partial charge in [-0.3, -0.25) is 9.52 Å².